The molecule has 2 atom stereocenters. The number of aryl methyl sites for hydroxylation is 1. The highest BCUT2D eigenvalue weighted by Gasteiger charge is 2.23. The highest BCUT2D eigenvalue weighted by Crippen LogP contribution is 2.27. The Bertz CT molecular complexity index is 626. The summed E-state index contributed by atoms with van der Waals surface area (Å²) in [5.74, 6) is 0.688. The number of nitrogens with one attached hydrogen (secondary N) is 1. The molecule has 0 bridgehead atoms. The van der Waals surface area contributed by atoms with E-state index >= 15 is 0 Å². The van der Waals surface area contributed by atoms with Gasteiger partial charge in [0.1, 0.15) is 5.75 Å². The van der Waals surface area contributed by atoms with Crippen molar-refractivity contribution >= 4 is 11.9 Å². The molecule has 1 saturated carbocycles. The van der Waals surface area contributed by atoms with Gasteiger partial charge in [-0.15, -0.1) is 0 Å². The number of rotatable bonds is 7. The highest BCUT2D eigenvalue weighted by atomic mass is 16.6. The van der Waals surface area contributed by atoms with E-state index in [0.29, 0.717) is 17.6 Å². The van der Waals surface area contributed by atoms with Gasteiger partial charge in [-0.3, -0.25) is 4.79 Å². The zero-order valence-corrected chi connectivity index (χ0v) is 16.3. The number of hydrogen-bond donors (Lipinski definition) is 1. The number of esters is 1. The Morgan fingerprint density at radius 3 is 2.62 bits per heavy atom. The van der Waals surface area contributed by atoms with E-state index in [0.717, 1.165) is 30.4 Å². The second kappa shape index (κ2) is 9.60. The van der Waals surface area contributed by atoms with Gasteiger partial charge in [0.05, 0.1) is 0 Å². The molecule has 144 valence electrons. The van der Waals surface area contributed by atoms with Crippen LogP contribution >= 0.6 is 0 Å². The Balaban J connectivity index is 1.77. The molecule has 1 amide bonds. The topological polar surface area (TPSA) is 64.6 Å². The number of hydrogen-bond acceptors (Lipinski definition) is 4. The monoisotopic (exact) mass is 361 g/mol. The summed E-state index contributed by atoms with van der Waals surface area (Å²) < 4.78 is 10.7. The van der Waals surface area contributed by atoms with Crippen LogP contribution in [0.1, 0.15) is 63.5 Å². The normalized spacial score (nSPS) is 19.9. The minimum atomic E-state index is -0.534. The summed E-state index contributed by atoms with van der Waals surface area (Å²) in [6.45, 7) is 7.83. The smallest absolute Gasteiger partial charge is 0.344 e. The zero-order valence-electron chi connectivity index (χ0n) is 16.3. The van der Waals surface area contributed by atoms with Gasteiger partial charge in [-0.2, -0.15) is 0 Å². The SMILES string of the molecule is Cc1ccc(C(C)C)c(OCC(=O)OCC(=O)N[C@H]2CCCC[C@@H]2C)c1. The molecule has 0 aliphatic heterocycles. The molecule has 0 spiro atoms. The first-order valence-electron chi connectivity index (χ1n) is 9.55. The van der Waals surface area contributed by atoms with E-state index < -0.39 is 5.97 Å². The summed E-state index contributed by atoms with van der Waals surface area (Å²) in [5, 5.41) is 2.97. The summed E-state index contributed by atoms with van der Waals surface area (Å²) in [7, 11) is 0. The van der Waals surface area contributed by atoms with Crippen LogP contribution in [-0.4, -0.2) is 31.1 Å². The van der Waals surface area contributed by atoms with E-state index in [2.05, 4.69) is 26.1 Å². The molecule has 0 unspecified atom stereocenters. The van der Waals surface area contributed by atoms with E-state index in [1.165, 1.54) is 6.42 Å². The van der Waals surface area contributed by atoms with Gasteiger partial charge in [0.15, 0.2) is 13.2 Å². The lowest BCUT2D eigenvalue weighted by atomic mass is 9.86. The molecule has 26 heavy (non-hydrogen) atoms. The summed E-state index contributed by atoms with van der Waals surface area (Å²) in [6, 6.07) is 6.14. The molecule has 0 heterocycles. The van der Waals surface area contributed by atoms with Gasteiger partial charge in [0.25, 0.3) is 5.91 Å². The molecular weight excluding hydrogens is 330 g/mol. The van der Waals surface area contributed by atoms with Gasteiger partial charge in [-0.05, 0) is 48.8 Å². The van der Waals surface area contributed by atoms with E-state index in [1.54, 1.807) is 0 Å². The lowest BCUT2D eigenvalue weighted by molar-refractivity contribution is -0.150. The van der Waals surface area contributed by atoms with E-state index in [1.807, 2.05) is 25.1 Å². The van der Waals surface area contributed by atoms with Crippen LogP contribution in [0.15, 0.2) is 18.2 Å². The van der Waals surface area contributed by atoms with Crippen LogP contribution < -0.4 is 10.1 Å². The van der Waals surface area contributed by atoms with Gasteiger partial charge < -0.3 is 14.8 Å². The second-order valence-electron chi connectivity index (χ2n) is 7.58. The predicted octanol–water partition coefficient (Wildman–Crippen LogP) is 3.74. The maximum absolute atomic E-state index is 12.0. The van der Waals surface area contributed by atoms with Crippen molar-refractivity contribution in [3.63, 3.8) is 0 Å². The fraction of sp³-hybridized carbons (Fsp3) is 0.619. The Hall–Kier alpha value is -2.04. The van der Waals surface area contributed by atoms with Gasteiger partial charge in [-0.25, -0.2) is 4.79 Å². The summed E-state index contributed by atoms with van der Waals surface area (Å²) >= 11 is 0. The molecule has 1 aromatic carbocycles. The summed E-state index contributed by atoms with van der Waals surface area (Å²) in [6.07, 6.45) is 4.48. The minimum Gasteiger partial charge on any atom is -0.482 e. The molecule has 1 aliphatic carbocycles. The third-order valence-corrected chi connectivity index (χ3v) is 4.96. The summed E-state index contributed by atoms with van der Waals surface area (Å²) in [4.78, 5) is 23.9. The molecule has 0 saturated heterocycles. The van der Waals surface area contributed by atoms with Crippen molar-refractivity contribution in [2.24, 2.45) is 5.92 Å². The summed E-state index contributed by atoms with van der Waals surface area (Å²) in [5.41, 5.74) is 2.12. The second-order valence-corrected chi connectivity index (χ2v) is 7.58. The number of ether oxygens (including phenoxy) is 2. The third kappa shape index (κ3) is 6.04. The average Bonchev–Trinajstić information content (AvgIpc) is 2.60. The van der Waals surface area contributed by atoms with E-state index in [-0.39, 0.29) is 25.2 Å². The zero-order chi connectivity index (χ0) is 19.1. The van der Waals surface area contributed by atoms with Gasteiger partial charge in [0.2, 0.25) is 0 Å². The van der Waals surface area contributed by atoms with Crippen LogP contribution in [0.4, 0.5) is 0 Å². The molecule has 1 fully saturated rings. The number of carbonyl (C=O) groups is 2. The Morgan fingerprint density at radius 1 is 1.19 bits per heavy atom. The molecule has 1 N–H and O–H groups in total. The predicted molar refractivity (Wildman–Crippen MR) is 101 cm³/mol. The lowest BCUT2D eigenvalue weighted by Gasteiger charge is -2.29. The molecule has 5 nitrogen and oxygen atoms in total. The molecule has 1 aromatic rings. The van der Waals surface area contributed by atoms with Crippen LogP contribution in [0.5, 0.6) is 5.75 Å². The maximum atomic E-state index is 12.0. The van der Waals surface area contributed by atoms with Gasteiger partial charge in [0, 0.05) is 6.04 Å². The Labute approximate surface area is 156 Å². The molecular formula is C21H31NO4. The van der Waals surface area contributed by atoms with Crippen molar-refractivity contribution in [2.45, 2.75) is 65.3 Å². The largest absolute Gasteiger partial charge is 0.482 e. The molecule has 5 heteroatoms. The molecule has 1 aliphatic rings. The number of carbonyl (C=O) groups excluding carboxylic acids is 2. The number of amides is 1. The maximum Gasteiger partial charge on any atom is 0.344 e. The first-order valence-corrected chi connectivity index (χ1v) is 9.55. The standard InChI is InChI=1S/C21H31NO4/c1-14(2)17-10-9-15(3)11-19(17)25-13-21(24)26-12-20(23)22-18-8-6-5-7-16(18)4/h9-11,14,16,18H,5-8,12-13H2,1-4H3,(H,22,23)/t16-,18-/m0/s1. The van der Waals surface area contributed by atoms with Crippen molar-refractivity contribution in [1.29, 1.82) is 0 Å². The first kappa shape index (κ1) is 20.3. The van der Waals surface area contributed by atoms with Crippen molar-refractivity contribution < 1.29 is 19.1 Å². The van der Waals surface area contributed by atoms with Crippen molar-refractivity contribution in [3.8, 4) is 5.75 Å². The van der Waals surface area contributed by atoms with Crippen LogP contribution in [0.2, 0.25) is 0 Å². The fourth-order valence-corrected chi connectivity index (χ4v) is 3.35. The van der Waals surface area contributed by atoms with Crippen LogP contribution in [0.3, 0.4) is 0 Å². The van der Waals surface area contributed by atoms with Crippen LogP contribution in [0.25, 0.3) is 0 Å². The molecule has 2 rings (SSSR count). The highest BCUT2D eigenvalue weighted by molar-refractivity contribution is 5.81. The first-order chi connectivity index (χ1) is 12.4. The van der Waals surface area contributed by atoms with Crippen LogP contribution in [0, 0.1) is 12.8 Å². The minimum absolute atomic E-state index is 0.187. The van der Waals surface area contributed by atoms with Gasteiger partial charge >= 0.3 is 5.97 Å². The molecule has 0 aromatic heterocycles. The third-order valence-electron chi connectivity index (χ3n) is 4.96. The Morgan fingerprint density at radius 2 is 1.92 bits per heavy atom. The van der Waals surface area contributed by atoms with Crippen molar-refractivity contribution in [3.05, 3.63) is 29.3 Å². The van der Waals surface area contributed by atoms with Crippen molar-refractivity contribution in [1.82, 2.24) is 5.32 Å². The van der Waals surface area contributed by atoms with Gasteiger partial charge in [-0.1, -0.05) is 45.7 Å². The fourth-order valence-electron chi connectivity index (χ4n) is 3.35. The molecule has 0 radical (unpaired) electrons. The van der Waals surface area contributed by atoms with E-state index in [9.17, 15) is 9.59 Å². The Kier molecular flexibility index (Phi) is 7.49. The quantitative estimate of drug-likeness (QED) is 0.752. The lowest BCUT2D eigenvalue weighted by Crippen LogP contribution is -2.43. The van der Waals surface area contributed by atoms with E-state index in [4.69, 9.17) is 9.47 Å². The van der Waals surface area contributed by atoms with Crippen molar-refractivity contribution in [2.75, 3.05) is 13.2 Å². The number of benzene rings is 1. The van der Waals surface area contributed by atoms with Crippen LogP contribution in [-0.2, 0) is 14.3 Å². The average molecular weight is 361 g/mol.